The minimum absolute atomic E-state index is 0.0233. The second kappa shape index (κ2) is 6.45. The van der Waals surface area contributed by atoms with Crippen molar-refractivity contribution in [3.05, 3.63) is 52.1 Å². The minimum Gasteiger partial charge on any atom is -0.331 e. The van der Waals surface area contributed by atoms with Crippen LogP contribution in [0, 0.1) is 5.95 Å². The predicted molar refractivity (Wildman–Crippen MR) is 89.5 cm³/mol. The Hall–Kier alpha value is -2.31. The van der Waals surface area contributed by atoms with Crippen molar-refractivity contribution >= 4 is 5.91 Å². The summed E-state index contributed by atoms with van der Waals surface area (Å²) >= 11 is 0. The topological polar surface area (TPSA) is 38.1 Å². The van der Waals surface area contributed by atoms with E-state index < -0.39 is 29.5 Å². The van der Waals surface area contributed by atoms with Gasteiger partial charge in [0.1, 0.15) is 11.3 Å². The quantitative estimate of drug-likeness (QED) is 0.811. The number of hydrogen-bond donors (Lipinski definition) is 0. The number of carbonyl (C=O) groups excluding carboxylic acids is 1. The normalized spacial score (nSPS) is 16.2. The summed E-state index contributed by atoms with van der Waals surface area (Å²) in [7, 11) is 1.23. The Balaban J connectivity index is 1.68. The maximum Gasteiger partial charge on any atom is 0.283 e. The molecule has 26 heavy (non-hydrogen) atoms. The summed E-state index contributed by atoms with van der Waals surface area (Å²) in [6.45, 7) is 0.323. The predicted octanol–water partition coefficient (Wildman–Crippen LogP) is 3.79. The lowest BCUT2D eigenvalue weighted by molar-refractivity contribution is 0.0711. The van der Waals surface area contributed by atoms with Crippen LogP contribution >= 0.6 is 0 Å². The van der Waals surface area contributed by atoms with E-state index in [2.05, 4.69) is 11.2 Å². The molecule has 0 aliphatic heterocycles. The highest BCUT2D eigenvalue weighted by Gasteiger charge is 2.38. The third kappa shape index (κ3) is 2.89. The fourth-order valence-electron chi connectivity index (χ4n) is 3.80. The molecular formula is C19H20F3N3O. The molecule has 1 aromatic carbocycles. The van der Waals surface area contributed by atoms with Gasteiger partial charge in [-0.3, -0.25) is 4.79 Å². The van der Waals surface area contributed by atoms with Crippen LogP contribution in [0.4, 0.5) is 13.2 Å². The molecule has 7 heteroatoms. The van der Waals surface area contributed by atoms with Crippen molar-refractivity contribution in [2.45, 2.75) is 51.1 Å². The summed E-state index contributed by atoms with van der Waals surface area (Å²) in [5, 5.41) is 3.50. The monoisotopic (exact) mass is 363 g/mol. The van der Waals surface area contributed by atoms with Gasteiger partial charge in [0.15, 0.2) is 0 Å². The summed E-state index contributed by atoms with van der Waals surface area (Å²) in [4.78, 5) is 14.5. The Morgan fingerprint density at radius 2 is 2.12 bits per heavy atom. The summed E-state index contributed by atoms with van der Waals surface area (Å²) in [6.07, 6.45) is 1.69. The molecule has 0 unspecified atom stereocenters. The van der Waals surface area contributed by atoms with Crippen LogP contribution in [0.5, 0.6) is 0 Å². The standard InChI is InChI=1S/C19H20F3N3O/c1-24-18(22)15(16(23-24)17(20)21)19(26)25(13-8-9-13)10-12-6-2-4-11-5-3-7-14(11)12/h2,4,6,13,17H,3,5,7-10H2,1H3. The number of hydrogen-bond acceptors (Lipinski definition) is 2. The zero-order chi connectivity index (χ0) is 18.4. The van der Waals surface area contributed by atoms with Gasteiger partial charge in [-0.1, -0.05) is 18.2 Å². The number of fused-ring (bicyclic) bond motifs is 1. The van der Waals surface area contributed by atoms with Gasteiger partial charge in [0.25, 0.3) is 12.3 Å². The Morgan fingerprint density at radius 1 is 1.35 bits per heavy atom. The maximum atomic E-state index is 14.4. The molecule has 1 amide bonds. The summed E-state index contributed by atoms with van der Waals surface area (Å²) in [6, 6.07) is 6.00. The Morgan fingerprint density at radius 3 is 2.81 bits per heavy atom. The van der Waals surface area contributed by atoms with Crippen LogP contribution in [-0.2, 0) is 26.4 Å². The molecule has 2 aliphatic carbocycles. The number of amides is 1. The van der Waals surface area contributed by atoms with Crippen LogP contribution in [0.1, 0.15) is 58.4 Å². The van der Waals surface area contributed by atoms with E-state index in [0.717, 1.165) is 37.7 Å². The van der Waals surface area contributed by atoms with Crippen LogP contribution in [0.3, 0.4) is 0 Å². The van der Waals surface area contributed by atoms with Crippen molar-refractivity contribution in [2.75, 3.05) is 0 Å². The lowest BCUT2D eigenvalue weighted by Gasteiger charge is -2.24. The van der Waals surface area contributed by atoms with Crippen molar-refractivity contribution < 1.29 is 18.0 Å². The third-order valence-corrected chi connectivity index (χ3v) is 5.26. The molecule has 0 N–H and O–H groups in total. The van der Waals surface area contributed by atoms with Gasteiger partial charge in [-0.05, 0) is 48.8 Å². The molecule has 1 saturated carbocycles. The third-order valence-electron chi connectivity index (χ3n) is 5.26. The minimum atomic E-state index is -2.99. The Labute approximate surface area is 149 Å². The first kappa shape index (κ1) is 17.1. The fraction of sp³-hybridized carbons (Fsp3) is 0.474. The molecule has 1 fully saturated rings. The number of alkyl halides is 2. The zero-order valence-electron chi connectivity index (χ0n) is 14.5. The van der Waals surface area contributed by atoms with E-state index in [4.69, 9.17) is 0 Å². The number of rotatable bonds is 5. The Bertz CT molecular complexity index is 858. The van der Waals surface area contributed by atoms with Crippen molar-refractivity contribution in [3.8, 4) is 0 Å². The van der Waals surface area contributed by atoms with E-state index in [0.29, 0.717) is 11.2 Å². The van der Waals surface area contributed by atoms with Gasteiger partial charge in [0.05, 0.1) is 0 Å². The summed E-state index contributed by atoms with van der Waals surface area (Å²) in [5.74, 6) is -1.70. The van der Waals surface area contributed by atoms with Gasteiger partial charge >= 0.3 is 0 Å². The molecule has 4 rings (SSSR count). The molecule has 0 bridgehead atoms. The Kier molecular flexibility index (Phi) is 4.25. The molecule has 0 atom stereocenters. The largest absolute Gasteiger partial charge is 0.331 e. The number of halogens is 3. The molecule has 2 aromatic rings. The highest BCUT2D eigenvalue weighted by atomic mass is 19.3. The molecular weight excluding hydrogens is 343 g/mol. The highest BCUT2D eigenvalue weighted by molar-refractivity contribution is 5.96. The number of aryl methyl sites for hydroxylation is 2. The second-order valence-corrected chi connectivity index (χ2v) is 7.05. The first-order valence-corrected chi connectivity index (χ1v) is 8.88. The van der Waals surface area contributed by atoms with Crippen molar-refractivity contribution in [1.29, 1.82) is 0 Å². The first-order chi connectivity index (χ1) is 12.5. The summed E-state index contributed by atoms with van der Waals surface area (Å²) < 4.78 is 41.6. The molecule has 1 heterocycles. The molecule has 4 nitrogen and oxygen atoms in total. The molecule has 138 valence electrons. The van der Waals surface area contributed by atoms with E-state index in [1.165, 1.54) is 18.2 Å². The van der Waals surface area contributed by atoms with Gasteiger partial charge in [0, 0.05) is 19.6 Å². The van der Waals surface area contributed by atoms with Gasteiger partial charge < -0.3 is 4.90 Å². The van der Waals surface area contributed by atoms with Crippen molar-refractivity contribution in [3.63, 3.8) is 0 Å². The van der Waals surface area contributed by atoms with Gasteiger partial charge in [-0.25, -0.2) is 13.5 Å². The lowest BCUT2D eigenvalue weighted by atomic mass is 10.0. The molecule has 0 radical (unpaired) electrons. The van der Waals surface area contributed by atoms with Crippen LogP contribution in [0.2, 0.25) is 0 Å². The van der Waals surface area contributed by atoms with Gasteiger partial charge in [0.2, 0.25) is 5.95 Å². The van der Waals surface area contributed by atoms with E-state index in [1.807, 2.05) is 12.1 Å². The van der Waals surface area contributed by atoms with Gasteiger partial charge in [-0.2, -0.15) is 9.49 Å². The van der Waals surface area contributed by atoms with Crippen molar-refractivity contribution in [1.82, 2.24) is 14.7 Å². The lowest BCUT2D eigenvalue weighted by Crippen LogP contribution is -2.34. The molecule has 0 spiro atoms. The maximum absolute atomic E-state index is 14.4. The average molecular weight is 363 g/mol. The molecule has 1 aromatic heterocycles. The number of aromatic nitrogens is 2. The first-order valence-electron chi connectivity index (χ1n) is 8.88. The van der Waals surface area contributed by atoms with Crippen LogP contribution in [0.25, 0.3) is 0 Å². The van der Waals surface area contributed by atoms with E-state index in [-0.39, 0.29) is 6.04 Å². The zero-order valence-corrected chi connectivity index (χ0v) is 14.5. The van der Waals surface area contributed by atoms with Crippen molar-refractivity contribution in [2.24, 2.45) is 7.05 Å². The average Bonchev–Trinajstić information content (AvgIpc) is 3.25. The van der Waals surface area contributed by atoms with Gasteiger partial charge in [-0.15, -0.1) is 0 Å². The SMILES string of the molecule is Cn1nc(C(F)F)c(C(=O)N(Cc2cccc3c2CCC3)C2CC2)c1F. The number of nitrogens with zero attached hydrogens (tertiary/aromatic N) is 3. The molecule has 2 aliphatic rings. The second-order valence-electron chi connectivity index (χ2n) is 7.05. The van der Waals surface area contributed by atoms with E-state index in [9.17, 15) is 18.0 Å². The number of carbonyl (C=O) groups is 1. The summed E-state index contributed by atoms with van der Waals surface area (Å²) in [5.41, 5.74) is 2.18. The van der Waals surface area contributed by atoms with Crippen LogP contribution < -0.4 is 0 Å². The highest BCUT2D eigenvalue weighted by Crippen LogP contribution is 2.34. The number of benzene rings is 1. The van der Waals surface area contributed by atoms with Crippen LogP contribution in [-0.4, -0.2) is 26.6 Å². The van der Waals surface area contributed by atoms with Crippen LogP contribution in [0.15, 0.2) is 18.2 Å². The smallest absolute Gasteiger partial charge is 0.283 e. The van der Waals surface area contributed by atoms with E-state index >= 15 is 0 Å². The van der Waals surface area contributed by atoms with E-state index in [1.54, 1.807) is 4.90 Å². The molecule has 0 saturated heterocycles. The fourth-order valence-corrected chi connectivity index (χ4v) is 3.80.